The van der Waals surface area contributed by atoms with Gasteiger partial charge in [-0.15, -0.1) is 0 Å². The van der Waals surface area contributed by atoms with Crippen molar-refractivity contribution in [1.29, 1.82) is 0 Å². The highest BCUT2D eigenvalue weighted by molar-refractivity contribution is 9.10. The number of hydrogen-bond acceptors (Lipinski definition) is 2. The van der Waals surface area contributed by atoms with Gasteiger partial charge in [0.25, 0.3) is 0 Å². The first kappa shape index (κ1) is 15.0. The van der Waals surface area contributed by atoms with Crippen molar-refractivity contribution in [2.24, 2.45) is 5.73 Å². The molecule has 20 heavy (non-hydrogen) atoms. The van der Waals surface area contributed by atoms with Crippen molar-refractivity contribution in [3.05, 3.63) is 57.8 Å². The van der Waals surface area contributed by atoms with Crippen LogP contribution in [0, 0.1) is 12.7 Å². The molecule has 2 rings (SSSR count). The zero-order valence-corrected chi connectivity index (χ0v) is 13.1. The van der Waals surface area contributed by atoms with Crippen LogP contribution in [0.25, 0.3) is 0 Å². The van der Waals surface area contributed by atoms with Crippen LogP contribution < -0.4 is 10.5 Å². The molecular formula is C16H17BrFNO. The summed E-state index contributed by atoms with van der Waals surface area (Å²) in [5.41, 5.74) is 7.69. The van der Waals surface area contributed by atoms with Crippen LogP contribution in [0.1, 0.15) is 18.1 Å². The molecule has 1 atom stereocenters. The molecule has 2 nitrogen and oxygen atoms in total. The average molecular weight is 338 g/mol. The number of halogens is 2. The Balaban J connectivity index is 2.21. The lowest BCUT2D eigenvalue weighted by Crippen LogP contribution is -2.17. The number of hydrogen-bond donors (Lipinski definition) is 1. The Labute approximate surface area is 126 Å². The lowest BCUT2D eigenvalue weighted by atomic mass is 10.1. The van der Waals surface area contributed by atoms with Gasteiger partial charge in [0.15, 0.2) is 11.6 Å². The summed E-state index contributed by atoms with van der Waals surface area (Å²) in [6.07, 6.45) is 0.644. The zero-order chi connectivity index (χ0) is 14.7. The van der Waals surface area contributed by atoms with Crippen LogP contribution in [-0.4, -0.2) is 6.04 Å². The van der Waals surface area contributed by atoms with E-state index in [1.54, 1.807) is 6.07 Å². The van der Waals surface area contributed by atoms with Crippen molar-refractivity contribution < 1.29 is 9.13 Å². The second-order valence-electron chi connectivity index (χ2n) is 4.98. The summed E-state index contributed by atoms with van der Waals surface area (Å²) in [6.45, 7) is 3.88. The predicted octanol–water partition coefficient (Wildman–Crippen LogP) is 4.58. The molecular weight excluding hydrogens is 321 g/mol. The maximum atomic E-state index is 14.0. The Morgan fingerprint density at radius 3 is 2.50 bits per heavy atom. The zero-order valence-electron chi connectivity index (χ0n) is 11.5. The van der Waals surface area contributed by atoms with E-state index in [0.29, 0.717) is 12.2 Å². The van der Waals surface area contributed by atoms with E-state index < -0.39 is 0 Å². The van der Waals surface area contributed by atoms with E-state index in [9.17, 15) is 4.39 Å². The highest BCUT2D eigenvalue weighted by atomic mass is 79.9. The Kier molecular flexibility index (Phi) is 4.78. The lowest BCUT2D eigenvalue weighted by molar-refractivity contribution is 0.439. The van der Waals surface area contributed by atoms with Crippen molar-refractivity contribution in [1.82, 2.24) is 0 Å². The first-order valence-electron chi connectivity index (χ1n) is 6.43. The highest BCUT2D eigenvalue weighted by Gasteiger charge is 2.09. The average Bonchev–Trinajstić information content (AvgIpc) is 2.34. The summed E-state index contributed by atoms with van der Waals surface area (Å²) in [4.78, 5) is 0. The van der Waals surface area contributed by atoms with Crippen molar-refractivity contribution >= 4 is 15.9 Å². The molecule has 4 heteroatoms. The fraction of sp³-hybridized carbons (Fsp3) is 0.250. The smallest absolute Gasteiger partial charge is 0.165 e. The SMILES string of the molecule is Cc1ccc(Oc2ccc(CC(C)N)cc2F)c(Br)c1. The molecule has 0 aliphatic heterocycles. The molecule has 0 heterocycles. The molecule has 0 aliphatic carbocycles. The molecule has 0 fully saturated rings. The predicted molar refractivity (Wildman–Crippen MR) is 82.7 cm³/mol. The Hall–Kier alpha value is -1.39. The van der Waals surface area contributed by atoms with Crippen molar-refractivity contribution in [2.75, 3.05) is 0 Å². The van der Waals surface area contributed by atoms with Gasteiger partial charge in [-0.3, -0.25) is 0 Å². The molecule has 0 amide bonds. The van der Waals surface area contributed by atoms with E-state index >= 15 is 0 Å². The number of nitrogens with two attached hydrogens (primary N) is 1. The fourth-order valence-corrected chi connectivity index (χ4v) is 2.51. The van der Waals surface area contributed by atoms with Gasteiger partial charge < -0.3 is 10.5 Å². The van der Waals surface area contributed by atoms with Crippen LogP contribution in [0.3, 0.4) is 0 Å². The minimum atomic E-state index is -0.379. The van der Waals surface area contributed by atoms with Gasteiger partial charge in [-0.05, 0) is 71.6 Å². The van der Waals surface area contributed by atoms with Crippen LogP contribution >= 0.6 is 15.9 Å². The van der Waals surface area contributed by atoms with Gasteiger partial charge in [0.05, 0.1) is 4.47 Å². The standard InChI is InChI=1S/C16H17BrFNO/c1-10-3-5-15(13(17)7-10)20-16-6-4-12(8-11(2)19)9-14(16)18/h3-7,9,11H,8,19H2,1-2H3. The molecule has 0 aliphatic rings. The monoisotopic (exact) mass is 337 g/mol. The van der Waals surface area contributed by atoms with Crippen LogP contribution in [-0.2, 0) is 6.42 Å². The van der Waals surface area contributed by atoms with Gasteiger partial charge in [-0.2, -0.15) is 0 Å². The Bertz CT molecular complexity index is 613. The van der Waals surface area contributed by atoms with E-state index in [2.05, 4.69) is 15.9 Å². The second kappa shape index (κ2) is 6.37. The minimum Gasteiger partial charge on any atom is -0.453 e. The Morgan fingerprint density at radius 1 is 1.20 bits per heavy atom. The maximum absolute atomic E-state index is 14.0. The number of rotatable bonds is 4. The van der Waals surface area contributed by atoms with Crippen LogP contribution in [0.15, 0.2) is 40.9 Å². The molecule has 0 radical (unpaired) electrons. The third-order valence-electron chi connectivity index (χ3n) is 2.86. The molecule has 1 unspecified atom stereocenters. The van der Waals surface area contributed by atoms with Gasteiger partial charge in [0.2, 0.25) is 0 Å². The van der Waals surface area contributed by atoms with Gasteiger partial charge in [-0.1, -0.05) is 12.1 Å². The third-order valence-corrected chi connectivity index (χ3v) is 3.48. The molecule has 0 saturated carbocycles. The molecule has 0 bridgehead atoms. The summed E-state index contributed by atoms with van der Waals surface area (Å²) in [6, 6.07) is 10.6. The number of aryl methyl sites for hydroxylation is 1. The summed E-state index contributed by atoms with van der Waals surface area (Å²) in [5.74, 6) is 0.424. The van der Waals surface area contributed by atoms with E-state index in [4.69, 9.17) is 10.5 Å². The molecule has 2 N–H and O–H groups in total. The maximum Gasteiger partial charge on any atom is 0.165 e. The summed E-state index contributed by atoms with van der Waals surface area (Å²) >= 11 is 3.41. The summed E-state index contributed by atoms with van der Waals surface area (Å²) in [5, 5.41) is 0. The van der Waals surface area contributed by atoms with Gasteiger partial charge in [-0.25, -0.2) is 4.39 Å². The fourth-order valence-electron chi connectivity index (χ4n) is 1.93. The minimum absolute atomic E-state index is 0.00686. The largest absolute Gasteiger partial charge is 0.453 e. The molecule has 2 aromatic rings. The normalized spacial score (nSPS) is 12.2. The van der Waals surface area contributed by atoms with E-state index in [-0.39, 0.29) is 17.6 Å². The molecule has 106 valence electrons. The van der Waals surface area contributed by atoms with Crippen LogP contribution in [0.4, 0.5) is 4.39 Å². The first-order chi connectivity index (χ1) is 9.45. The highest BCUT2D eigenvalue weighted by Crippen LogP contribution is 2.32. The van der Waals surface area contributed by atoms with E-state index in [0.717, 1.165) is 15.6 Å². The van der Waals surface area contributed by atoms with Gasteiger partial charge in [0.1, 0.15) is 5.75 Å². The van der Waals surface area contributed by atoms with Crippen LogP contribution in [0.5, 0.6) is 11.5 Å². The first-order valence-corrected chi connectivity index (χ1v) is 7.23. The molecule has 0 spiro atoms. The topological polar surface area (TPSA) is 35.2 Å². The van der Waals surface area contributed by atoms with Crippen LogP contribution in [0.2, 0.25) is 0 Å². The molecule has 2 aromatic carbocycles. The van der Waals surface area contributed by atoms with E-state index in [1.807, 2.05) is 38.1 Å². The second-order valence-corrected chi connectivity index (χ2v) is 5.84. The summed E-state index contributed by atoms with van der Waals surface area (Å²) < 4.78 is 20.4. The lowest BCUT2D eigenvalue weighted by Gasteiger charge is -2.11. The Morgan fingerprint density at radius 2 is 1.90 bits per heavy atom. The van der Waals surface area contributed by atoms with Gasteiger partial charge >= 0.3 is 0 Å². The van der Waals surface area contributed by atoms with Crippen molar-refractivity contribution in [3.63, 3.8) is 0 Å². The van der Waals surface area contributed by atoms with Crippen molar-refractivity contribution in [3.8, 4) is 11.5 Å². The van der Waals surface area contributed by atoms with Crippen molar-refractivity contribution in [2.45, 2.75) is 26.3 Å². The third kappa shape index (κ3) is 3.81. The summed E-state index contributed by atoms with van der Waals surface area (Å²) in [7, 11) is 0. The molecule has 0 saturated heterocycles. The van der Waals surface area contributed by atoms with Gasteiger partial charge in [0, 0.05) is 6.04 Å². The quantitative estimate of drug-likeness (QED) is 0.886. The number of ether oxygens (including phenoxy) is 1. The molecule has 0 aromatic heterocycles. The number of benzene rings is 2. The van der Waals surface area contributed by atoms with E-state index in [1.165, 1.54) is 6.07 Å².